The molecule has 0 saturated heterocycles. The Balaban J connectivity index is 1.58. The van der Waals surface area contributed by atoms with E-state index in [0.29, 0.717) is 17.5 Å². The molecule has 6 rings (SSSR count). The minimum Gasteiger partial charge on any atom is -0.256 e. The van der Waals surface area contributed by atoms with Gasteiger partial charge in [-0.3, -0.25) is 4.98 Å². The van der Waals surface area contributed by atoms with E-state index in [1.165, 1.54) is 5.56 Å². The van der Waals surface area contributed by atoms with Crippen molar-refractivity contribution in [3.05, 3.63) is 133 Å². The molecule has 0 N–H and O–H groups in total. The third-order valence-corrected chi connectivity index (χ3v) is 6.24. The maximum absolute atomic E-state index is 4.94. The van der Waals surface area contributed by atoms with Crippen molar-refractivity contribution >= 4 is 0 Å². The second kappa shape index (κ2) is 9.96. The molecule has 0 saturated carbocycles. The summed E-state index contributed by atoms with van der Waals surface area (Å²) in [5, 5.41) is 0. The summed E-state index contributed by atoms with van der Waals surface area (Å²) in [5.74, 6) is 1.91. The molecule has 4 heteroatoms. The predicted molar refractivity (Wildman–Crippen MR) is 150 cm³/mol. The fourth-order valence-corrected chi connectivity index (χ4v) is 4.29. The molecule has 0 amide bonds. The Bertz CT molecular complexity index is 1590. The molecule has 2 aromatic heterocycles. The zero-order valence-corrected chi connectivity index (χ0v) is 20.4. The molecular formula is C33H24N4. The molecule has 4 aromatic carbocycles. The standard InChI is InChI=1S/C33H24N4/c1-23-15-17-24(18-16-23)27-20-28(30-14-8-9-19-34-30)22-29(21-27)33-36-31(25-10-4-2-5-11-25)35-32(37-33)26-12-6-3-7-13-26/h2-22H,1H3. The number of benzene rings is 4. The van der Waals surface area contributed by atoms with E-state index in [2.05, 4.69) is 54.4 Å². The normalized spacial score (nSPS) is 10.8. The average molecular weight is 477 g/mol. The SMILES string of the molecule is Cc1ccc(-c2cc(-c3ccccn3)cc(-c3nc(-c4ccccc4)nc(-c4ccccc4)n3)c2)cc1. The Kier molecular flexibility index (Phi) is 6.05. The molecule has 0 unspecified atom stereocenters. The van der Waals surface area contributed by atoms with E-state index in [1.54, 1.807) is 0 Å². The molecule has 0 atom stereocenters. The molecular weight excluding hydrogens is 452 g/mol. The van der Waals surface area contributed by atoms with Crippen LogP contribution < -0.4 is 0 Å². The lowest BCUT2D eigenvalue weighted by Gasteiger charge is -2.12. The highest BCUT2D eigenvalue weighted by Crippen LogP contribution is 2.32. The van der Waals surface area contributed by atoms with Crippen molar-refractivity contribution in [2.45, 2.75) is 6.92 Å². The fourth-order valence-electron chi connectivity index (χ4n) is 4.29. The van der Waals surface area contributed by atoms with Crippen LogP contribution in [0.4, 0.5) is 0 Å². The zero-order chi connectivity index (χ0) is 25.0. The van der Waals surface area contributed by atoms with Crippen LogP contribution in [0, 0.1) is 6.92 Å². The second-order valence-electron chi connectivity index (χ2n) is 8.92. The minimum absolute atomic E-state index is 0.624. The van der Waals surface area contributed by atoms with E-state index < -0.39 is 0 Å². The van der Waals surface area contributed by atoms with Crippen LogP contribution in [0.25, 0.3) is 56.5 Å². The third-order valence-electron chi connectivity index (χ3n) is 6.24. The van der Waals surface area contributed by atoms with Gasteiger partial charge in [0.2, 0.25) is 0 Å². The van der Waals surface area contributed by atoms with Gasteiger partial charge in [-0.15, -0.1) is 0 Å². The van der Waals surface area contributed by atoms with Gasteiger partial charge >= 0.3 is 0 Å². The molecule has 0 aliphatic heterocycles. The van der Waals surface area contributed by atoms with Gasteiger partial charge in [-0.1, -0.05) is 96.6 Å². The first-order valence-electron chi connectivity index (χ1n) is 12.2. The quantitative estimate of drug-likeness (QED) is 0.254. The number of rotatable bonds is 5. The molecule has 2 heterocycles. The molecule has 6 aromatic rings. The summed E-state index contributed by atoms with van der Waals surface area (Å²) in [7, 11) is 0. The summed E-state index contributed by atoms with van der Waals surface area (Å²) in [6.07, 6.45) is 1.82. The topological polar surface area (TPSA) is 51.6 Å². The van der Waals surface area contributed by atoms with E-state index in [9.17, 15) is 0 Å². The molecule has 0 bridgehead atoms. The van der Waals surface area contributed by atoms with Crippen molar-refractivity contribution in [1.29, 1.82) is 0 Å². The first-order chi connectivity index (χ1) is 18.2. The van der Waals surface area contributed by atoms with Crippen LogP contribution in [-0.2, 0) is 0 Å². The summed E-state index contributed by atoms with van der Waals surface area (Å²) in [6, 6.07) is 41.0. The highest BCUT2D eigenvalue weighted by Gasteiger charge is 2.15. The monoisotopic (exact) mass is 476 g/mol. The van der Waals surface area contributed by atoms with Gasteiger partial charge in [-0.2, -0.15) is 0 Å². The summed E-state index contributed by atoms with van der Waals surface area (Å²) < 4.78 is 0. The van der Waals surface area contributed by atoms with Crippen LogP contribution in [0.5, 0.6) is 0 Å². The lowest BCUT2D eigenvalue weighted by atomic mass is 9.97. The Morgan fingerprint density at radius 3 is 1.49 bits per heavy atom. The Morgan fingerprint density at radius 1 is 0.405 bits per heavy atom. The number of hydrogen-bond donors (Lipinski definition) is 0. The maximum Gasteiger partial charge on any atom is 0.164 e. The number of aryl methyl sites for hydroxylation is 1. The number of aromatic nitrogens is 4. The number of nitrogens with zero attached hydrogens (tertiary/aromatic N) is 4. The van der Waals surface area contributed by atoms with E-state index in [4.69, 9.17) is 15.0 Å². The number of pyridine rings is 1. The van der Waals surface area contributed by atoms with E-state index in [0.717, 1.165) is 39.1 Å². The summed E-state index contributed by atoms with van der Waals surface area (Å²) in [4.78, 5) is 19.3. The van der Waals surface area contributed by atoms with Gasteiger partial charge < -0.3 is 0 Å². The van der Waals surface area contributed by atoms with Crippen LogP contribution in [0.1, 0.15) is 5.56 Å². The first-order valence-corrected chi connectivity index (χ1v) is 12.2. The fraction of sp³-hybridized carbons (Fsp3) is 0.0303. The largest absolute Gasteiger partial charge is 0.256 e. The van der Waals surface area contributed by atoms with Gasteiger partial charge in [-0.05, 0) is 48.4 Å². The van der Waals surface area contributed by atoms with Gasteiger partial charge in [0, 0.05) is 28.5 Å². The zero-order valence-electron chi connectivity index (χ0n) is 20.4. The van der Waals surface area contributed by atoms with Crippen molar-refractivity contribution < 1.29 is 0 Å². The van der Waals surface area contributed by atoms with Crippen molar-refractivity contribution in [2.75, 3.05) is 0 Å². The minimum atomic E-state index is 0.624. The van der Waals surface area contributed by atoms with Crippen molar-refractivity contribution in [2.24, 2.45) is 0 Å². The Hall–Kier alpha value is -4.96. The molecule has 4 nitrogen and oxygen atoms in total. The van der Waals surface area contributed by atoms with Crippen molar-refractivity contribution in [3.8, 4) is 56.5 Å². The molecule has 0 aliphatic rings. The maximum atomic E-state index is 4.94. The van der Waals surface area contributed by atoms with Crippen molar-refractivity contribution in [3.63, 3.8) is 0 Å². The number of hydrogen-bond acceptors (Lipinski definition) is 4. The highest BCUT2D eigenvalue weighted by molar-refractivity contribution is 5.79. The predicted octanol–water partition coefficient (Wildman–Crippen LogP) is 7.91. The van der Waals surface area contributed by atoms with Crippen LogP contribution in [0.2, 0.25) is 0 Å². The summed E-state index contributed by atoms with van der Waals surface area (Å²) >= 11 is 0. The summed E-state index contributed by atoms with van der Waals surface area (Å²) in [6.45, 7) is 2.10. The van der Waals surface area contributed by atoms with Gasteiger partial charge in [-0.25, -0.2) is 15.0 Å². The van der Waals surface area contributed by atoms with E-state index in [-0.39, 0.29) is 0 Å². The van der Waals surface area contributed by atoms with Crippen molar-refractivity contribution in [1.82, 2.24) is 19.9 Å². The van der Waals surface area contributed by atoms with Gasteiger partial charge in [0.15, 0.2) is 17.5 Å². The molecule has 0 fully saturated rings. The lowest BCUT2D eigenvalue weighted by Crippen LogP contribution is -2.00. The smallest absolute Gasteiger partial charge is 0.164 e. The first kappa shape index (κ1) is 22.5. The van der Waals surface area contributed by atoms with E-state index >= 15 is 0 Å². The highest BCUT2D eigenvalue weighted by atomic mass is 15.0. The molecule has 0 aliphatic carbocycles. The lowest BCUT2D eigenvalue weighted by molar-refractivity contribution is 1.07. The molecule has 176 valence electrons. The third kappa shape index (κ3) is 4.91. The Morgan fingerprint density at radius 2 is 0.919 bits per heavy atom. The average Bonchev–Trinajstić information content (AvgIpc) is 2.98. The summed E-state index contributed by atoms with van der Waals surface area (Å²) in [5.41, 5.74) is 8.16. The van der Waals surface area contributed by atoms with Gasteiger partial charge in [0.05, 0.1) is 5.69 Å². The Labute approximate surface area is 216 Å². The molecule has 0 radical (unpaired) electrons. The van der Waals surface area contributed by atoms with Crippen LogP contribution in [-0.4, -0.2) is 19.9 Å². The van der Waals surface area contributed by atoms with Crippen LogP contribution in [0.15, 0.2) is 128 Å². The molecule has 0 spiro atoms. The van der Waals surface area contributed by atoms with Gasteiger partial charge in [0.25, 0.3) is 0 Å². The van der Waals surface area contributed by atoms with Gasteiger partial charge in [0.1, 0.15) is 0 Å². The van der Waals surface area contributed by atoms with Crippen LogP contribution >= 0.6 is 0 Å². The molecule has 37 heavy (non-hydrogen) atoms. The van der Waals surface area contributed by atoms with Crippen LogP contribution in [0.3, 0.4) is 0 Å². The van der Waals surface area contributed by atoms with E-state index in [1.807, 2.05) is 85.1 Å². The second-order valence-corrected chi connectivity index (χ2v) is 8.92.